The maximum atomic E-state index is 12.4. The number of hydrogen-bond acceptors (Lipinski definition) is 4. The molecule has 0 aliphatic carbocycles. The molecule has 114 valence electrons. The molecule has 0 amide bonds. The summed E-state index contributed by atoms with van der Waals surface area (Å²) in [5, 5.41) is 0. The van der Waals surface area contributed by atoms with Gasteiger partial charge in [-0.2, -0.15) is 0 Å². The Labute approximate surface area is 121 Å². The van der Waals surface area contributed by atoms with Gasteiger partial charge in [0.05, 0.1) is 7.11 Å². The van der Waals surface area contributed by atoms with Crippen LogP contribution in [-0.4, -0.2) is 21.6 Å². The Kier molecular flexibility index (Phi) is 6.45. The molecular weight excluding hydrogens is 276 g/mol. The Balaban J connectivity index is 2.97. The lowest BCUT2D eigenvalue weighted by Crippen LogP contribution is -2.32. The van der Waals surface area contributed by atoms with E-state index < -0.39 is 10.0 Å². The lowest BCUT2D eigenvalue weighted by Gasteiger charge is -2.16. The fourth-order valence-corrected chi connectivity index (χ4v) is 3.39. The predicted octanol–water partition coefficient (Wildman–Crippen LogP) is 2.01. The molecule has 6 heteroatoms. The first-order chi connectivity index (χ1) is 9.44. The second kappa shape index (κ2) is 7.61. The molecule has 0 saturated carbocycles. The van der Waals surface area contributed by atoms with Crippen molar-refractivity contribution in [1.29, 1.82) is 0 Å². The Morgan fingerprint density at radius 1 is 1.40 bits per heavy atom. The van der Waals surface area contributed by atoms with Crippen LogP contribution in [-0.2, 0) is 16.6 Å². The van der Waals surface area contributed by atoms with Crippen molar-refractivity contribution in [2.45, 2.75) is 50.6 Å². The Hall–Kier alpha value is -1.11. The van der Waals surface area contributed by atoms with E-state index in [2.05, 4.69) is 11.6 Å². The van der Waals surface area contributed by atoms with E-state index in [9.17, 15) is 8.42 Å². The van der Waals surface area contributed by atoms with Gasteiger partial charge in [0.2, 0.25) is 10.0 Å². The van der Waals surface area contributed by atoms with Gasteiger partial charge in [0.1, 0.15) is 10.6 Å². The van der Waals surface area contributed by atoms with Crippen LogP contribution in [0.2, 0.25) is 0 Å². The third kappa shape index (κ3) is 4.47. The van der Waals surface area contributed by atoms with Gasteiger partial charge in [-0.1, -0.05) is 25.8 Å². The van der Waals surface area contributed by atoms with Crippen molar-refractivity contribution in [3.63, 3.8) is 0 Å². The smallest absolute Gasteiger partial charge is 0.244 e. The third-order valence-electron chi connectivity index (χ3n) is 3.10. The van der Waals surface area contributed by atoms with E-state index in [4.69, 9.17) is 10.5 Å². The summed E-state index contributed by atoms with van der Waals surface area (Å²) in [6.07, 6.45) is 2.85. The van der Waals surface area contributed by atoms with Gasteiger partial charge in [-0.3, -0.25) is 0 Å². The number of unbranched alkanes of at least 4 members (excludes halogenated alkanes) is 1. The van der Waals surface area contributed by atoms with Crippen LogP contribution in [0.15, 0.2) is 23.1 Å². The molecule has 0 aliphatic rings. The van der Waals surface area contributed by atoms with Gasteiger partial charge in [0, 0.05) is 12.6 Å². The van der Waals surface area contributed by atoms with Crippen molar-refractivity contribution in [1.82, 2.24) is 4.72 Å². The number of sulfonamides is 1. The van der Waals surface area contributed by atoms with Crippen molar-refractivity contribution in [3.8, 4) is 5.75 Å². The molecule has 1 rings (SSSR count). The summed E-state index contributed by atoms with van der Waals surface area (Å²) in [6, 6.07) is 4.80. The SMILES string of the molecule is CCCCC(C)NS(=O)(=O)c1ccc(CN)cc1OC. The second-order valence-corrected chi connectivity index (χ2v) is 6.54. The number of nitrogens with one attached hydrogen (secondary N) is 1. The van der Waals surface area contributed by atoms with Gasteiger partial charge in [-0.25, -0.2) is 13.1 Å². The maximum Gasteiger partial charge on any atom is 0.244 e. The molecule has 0 aromatic heterocycles. The second-order valence-electron chi connectivity index (χ2n) is 4.85. The van der Waals surface area contributed by atoms with Crippen molar-refractivity contribution >= 4 is 10.0 Å². The highest BCUT2D eigenvalue weighted by molar-refractivity contribution is 7.89. The molecule has 1 aromatic carbocycles. The van der Waals surface area contributed by atoms with E-state index in [0.717, 1.165) is 24.8 Å². The largest absolute Gasteiger partial charge is 0.495 e. The van der Waals surface area contributed by atoms with E-state index >= 15 is 0 Å². The number of nitrogens with two attached hydrogens (primary N) is 1. The standard InChI is InChI=1S/C14H24N2O3S/c1-4-5-6-11(2)16-20(17,18)14-8-7-12(10-15)9-13(14)19-3/h7-9,11,16H,4-6,10,15H2,1-3H3. The highest BCUT2D eigenvalue weighted by Gasteiger charge is 2.21. The quantitative estimate of drug-likeness (QED) is 0.769. The van der Waals surface area contributed by atoms with E-state index in [-0.39, 0.29) is 10.9 Å². The molecule has 0 bridgehead atoms. The van der Waals surface area contributed by atoms with Crippen LogP contribution in [0, 0.1) is 0 Å². The zero-order chi connectivity index (χ0) is 15.2. The molecule has 0 aliphatic heterocycles. The van der Waals surface area contributed by atoms with Gasteiger partial charge in [0.25, 0.3) is 0 Å². The fraction of sp³-hybridized carbons (Fsp3) is 0.571. The number of methoxy groups -OCH3 is 1. The zero-order valence-corrected chi connectivity index (χ0v) is 13.2. The maximum absolute atomic E-state index is 12.4. The Morgan fingerprint density at radius 2 is 2.10 bits per heavy atom. The molecule has 0 saturated heterocycles. The van der Waals surface area contributed by atoms with Gasteiger partial charge >= 0.3 is 0 Å². The van der Waals surface area contributed by atoms with Crippen LogP contribution < -0.4 is 15.2 Å². The normalized spacial score (nSPS) is 13.2. The number of ether oxygens (including phenoxy) is 1. The summed E-state index contributed by atoms with van der Waals surface area (Å²) in [7, 11) is -2.12. The minimum Gasteiger partial charge on any atom is -0.495 e. The molecule has 1 atom stereocenters. The third-order valence-corrected chi connectivity index (χ3v) is 4.73. The summed E-state index contributed by atoms with van der Waals surface area (Å²) in [4.78, 5) is 0.153. The van der Waals surface area contributed by atoms with Crippen LogP contribution in [0.4, 0.5) is 0 Å². The Bertz CT molecular complexity index is 529. The van der Waals surface area contributed by atoms with Crippen molar-refractivity contribution < 1.29 is 13.2 Å². The lowest BCUT2D eigenvalue weighted by atomic mass is 10.2. The molecule has 3 N–H and O–H groups in total. The van der Waals surface area contributed by atoms with E-state index in [1.165, 1.54) is 13.2 Å². The Morgan fingerprint density at radius 3 is 2.65 bits per heavy atom. The summed E-state index contributed by atoms with van der Waals surface area (Å²) in [6.45, 7) is 4.29. The van der Waals surface area contributed by atoms with Crippen LogP contribution in [0.5, 0.6) is 5.75 Å². The summed E-state index contributed by atoms with van der Waals surface area (Å²) in [5.74, 6) is 0.322. The van der Waals surface area contributed by atoms with E-state index in [1.807, 2.05) is 6.92 Å². The molecule has 0 radical (unpaired) electrons. The van der Waals surface area contributed by atoms with Crippen LogP contribution in [0.25, 0.3) is 0 Å². The summed E-state index contributed by atoms with van der Waals surface area (Å²) < 4.78 is 32.6. The summed E-state index contributed by atoms with van der Waals surface area (Å²) >= 11 is 0. The number of benzene rings is 1. The molecule has 0 heterocycles. The molecule has 20 heavy (non-hydrogen) atoms. The van der Waals surface area contributed by atoms with E-state index in [1.54, 1.807) is 12.1 Å². The molecule has 5 nitrogen and oxygen atoms in total. The van der Waals surface area contributed by atoms with Gasteiger partial charge < -0.3 is 10.5 Å². The van der Waals surface area contributed by atoms with Gasteiger partial charge in [-0.05, 0) is 31.0 Å². The molecule has 1 unspecified atom stereocenters. The first kappa shape index (κ1) is 16.9. The van der Waals surface area contributed by atoms with Gasteiger partial charge in [0.15, 0.2) is 0 Å². The van der Waals surface area contributed by atoms with Crippen LogP contribution in [0.1, 0.15) is 38.7 Å². The van der Waals surface area contributed by atoms with Crippen molar-refractivity contribution in [3.05, 3.63) is 23.8 Å². The van der Waals surface area contributed by atoms with Crippen LogP contribution in [0.3, 0.4) is 0 Å². The van der Waals surface area contributed by atoms with Crippen LogP contribution >= 0.6 is 0 Å². The highest BCUT2D eigenvalue weighted by atomic mass is 32.2. The first-order valence-corrected chi connectivity index (χ1v) is 8.32. The zero-order valence-electron chi connectivity index (χ0n) is 12.3. The molecular formula is C14H24N2O3S. The first-order valence-electron chi connectivity index (χ1n) is 6.84. The molecule has 0 spiro atoms. The average Bonchev–Trinajstić information content (AvgIpc) is 2.43. The minimum absolute atomic E-state index is 0.0983. The number of hydrogen-bond donors (Lipinski definition) is 2. The highest BCUT2D eigenvalue weighted by Crippen LogP contribution is 2.25. The molecule has 0 fully saturated rings. The average molecular weight is 300 g/mol. The minimum atomic E-state index is -3.57. The predicted molar refractivity (Wildman–Crippen MR) is 80.2 cm³/mol. The van der Waals surface area contributed by atoms with Crippen molar-refractivity contribution in [2.75, 3.05) is 7.11 Å². The lowest BCUT2D eigenvalue weighted by molar-refractivity contribution is 0.401. The fourth-order valence-electron chi connectivity index (χ4n) is 1.96. The van der Waals surface area contributed by atoms with Crippen molar-refractivity contribution in [2.24, 2.45) is 5.73 Å². The van der Waals surface area contributed by atoms with E-state index in [0.29, 0.717) is 12.3 Å². The molecule has 1 aromatic rings. The topological polar surface area (TPSA) is 81.4 Å². The monoisotopic (exact) mass is 300 g/mol. The van der Waals surface area contributed by atoms with Gasteiger partial charge in [-0.15, -0.1) is 0 Å². The summed E-state index contributed by atoms with van der Waals surface area (Å²) in [5.41, 5.74) is 6.38. The number of rotatable bonds is 8.